The first kappa shape index (κ1) is 26.4. The topological polar surface area (TPSA) is 137 Å². The molecule has 0 aromatic heterocycles. The van der Waals surface area contributed by atoms with Crippen molar-refractivity contribution in [1.82, 2.24) is 10.9 Å². The van der Waals surface area contributed by atoms with Crippen LogP contribution in [0.25, 0.3) is 0 Å². The van der Waals surface area contributed by atoms with Gasteiger partial charge < -0.3 is 14.2 Å². The van der Waals surface area contributed by atoms with Crippen molar-refractivity contribution in [1.29, 1.82) is 0 Å². The molecule has 0 spiro atoms. The van der Waals surface area contributed by atoms with Gasteiger partial charge in [-0.15, -0.1) is 0 Å². The van der Waals surface area contributed by atoms with E-state index in [1.54, 1.807) is 58.9 Å². The van der Waals surface area contributed by atoms with E-state index in [1.807, 2.05) is 5.43 Å². The van der Waals surface area contributed by atoms with Crippen LogP contribution < -0.4 is 15.6 Å². The van der Waals surface area contributed by atoms with Crippen LogP contribution in [-0.2, 0) is 39.1 Å². The summed E-state index contributed by atoms with van der Waals surface area (Å²) in [4.78, 5) is 36.6. The number of hydrogen-bond acceptors (Lipinski definition) is 9. The second-order valence-electron chi connectivity index (χ2n) is 9.39. The molecule has 0 aliphatic carbocycles. The number of rotatable bonds is 16. The van der Waals surface area contributed by atoms with Crippen molar-refractivity contribution in [3.63, 3.8) is 0 Å². The fraction of sp³-hybridized carbons (Fsp3) is 0.640. The van der Waals surface area contributed by atoms with E-state index >= 15 is 0 Å². The third-order valence-electron chi connectivity index (χ3n) is 5.59. The summed E-state index contributed by atoms with van der Waals surface area (Å²) in [5.74, 6) is -2.61. The van der Waals surface area contributed by atoms with Gasteiger partial charge in [0.1, 0.15) is 11.5 Å². The van der Waals surface area contributed by atoms with Crippen molar-refractivity contribution in [3.8, 4) is 5.75 Å². The fourth-order valence-electron chi connectivity index (χ4n) is 3.88. The highest BCUT2D eigenvalue weighted by Gasteiger charge is 2.36. The van der Waals surface area contributed by atoms with Gasteiger partial charge in [0.2, 0.25) is 5.91 Å². The number of sulfone groups is 1. The molecule has 0 bridgehead atoms. The number of hydrogen-bond donors (Lipinski definition) is 2. The molecule has 1 rings (SSSR count). The van der Waals surface area contributed by atoms with E-state index in [2.05, 4.69) is 5.43 Å². The van der Waals surface area contributed by atoms with Gasteiger partial charge in [-0.05, 0) is 56.7 Å². The van der Waals surface area contributed by atoms with Gasteiger partial charge >= 0.3 is 11.9 Å². The summed E-state index contributed by atoms with van der Waals surface area (Å²) in [7, 11) is -3.72. The molecule has 1 aromatic rings. The molecule has 0 fully saturated rings. The fourth-order valence-corrected chi connectivity index (χ4v) is 5.76. The number of benzene rings is 1. The van der Waals surface area contributed by atoms with Gasteiger partial charge in [0.05, 0.1) is 24.4 Å². The molecule has 1 amide bonds. The van der Waals surface area contributed by atoms with Crippen LogP contribution in [0.1, 0.15) is 63.6 Å². The first-order valence-corrected chi connectivity index (χ1v) is 13.6. The Bertz CT molecular complexity index is 1090. The summed E-state index contributed by atoms with van der Waals surface area (Å²) < 4.78 is 62.1. The van der Waals surface area contributed by atoms with Crippen LogP contribution in [0.15, 0.2) is 24.3 Å². The zero-order valence-electron chi connectivity index (χ0n) is 24.6. The van der Waals surface area contributed by atoms with Crippen LogP contribution in [0.2, 0.25) is 0 Å². The monoisotopic (exact) mass is 531 g/mol. The molecule has 0 heterocycles. The third kappa shape index (κ3) is 10.5. The van der Waals surface area contributed by atoms with E-state index in [-0.39, 0.29) is 32.0 Å². The van der Waals surface area contributed by atoms with E-state index in [9.17, 15) is 22.8 Å². The van der Waals surface area contributed by atoms with Gasteiger partial charge in [0.15, 0.2) is 16.4 Å². The Morgan fingerprint density at radius 3 is 2.33 bits per heavy atom. The normalized spacial score (nSPS) is 15.0. The van der Waals surface area contributed by atoms with E-state index in [4.69, 9.17) is 18.3 Å². The van der Waals surface area contributed by atoms with Crippen molar-refractivity contribution in [2.45, 2.75) is 59.3 Å². The number of ether oxygens (including phenoxy) is 3. The highest BCUT2D eigenvalue weighted by molar-refractivity contribution is 7.92. The van der Waals surface area contributed by atoms with Crippen molar-refractivity contribution >= 4 is 27.7 Å². The predicted octanol–water partition coefficient (Wildman–Crippen LogP) is 2.31. The molecule has 0 saturated heterocycles. The molecule has 0 aliphatic heterocycles. The van der Waals surface area contributed by atoms with Gasteiger partial charge in [-0.3, -0.25) is 15.0 Å². The van der Waals surface area contributed by atoms with Gasteiger partial charge in [0.25, 0.3) is 0 Å². The number of carbonyl (C=O) groups excluding carboxylic acids is 3. The second kappa shape index (κ2) is 14.2. The summed E-state index contributed by atoms with van der Waals surface area (Å²) >= 11 is 0. The van der Waals surface area contributed by atoms with Crippen molar-refractivity contribution < 1.29 is 41.1 Å². The molecule has 204 valence electrons. The quantitative estimate of drug-likeness (QED) is 0.243. The lowest BCUT2D eigenvalue weighted by molar-refractivity contribution is -0.145. The summed E-state index contributed by atoms with van der Waals surface area (Å²) in [6, 6.07) is 6.52. The minimum atomic E-state index is -3.72. The Morgan fingerprint density at radius 2 is 1.69 bits per heavy atom. The second-order valence-corrected chi connectivity index (χ2v) is 11.5. The molecule has 11 heteroatoms. The third-order valence-corrected chi connectivity index (χ3v) is 7.49. The highest BCUT2D eigenvalue weighted by Crippen LogP contribution is 2.35. The Hall–Kier alpha value is -2.66. The number of amides is 1. The summed E-state index contributed by atoms with van der Waals surface area (Å²) in [6.07, 6.45) is 1.02. The van der Waals surface area contributed by atoms with Crippen LogP contribution in [-0.4, -0.2) is 64.6 Å². The Labute approximate surface area is 218 Å². The Morgan fingerprint density at radius 1 is 1.03 bits per heavy atom. The zero-order valence-corrected chi connectivity index (χ0v) is 22.5. The van der Waals surface area contributed by atoms with Gasteiger partial charge in [0, 0.05) is 11.1 Å². The van der Waals surface area contributed by atoms with Crippen LogP contribution in [0.3, 0.4) is 0 Å². The van der Waals surface area contributed by atoms with E-state index in [0.717, 1.165) is 0 Å². The number of esters is 2. The van der Waals surface area contributed by atoms with Crippen LogP contribution in [0.5, 0.6) is 5.75 Å². The lowest BCUT2D eigenvalue weighted by atomic mass is 9.75. The lowest BCUT2D eigenvalue weighted by Crippen LogP contribution is -2.47. The average Bonchev–Trinajstić information content (AvgIpc) is 2.79. The van der Waals surface area contributed by atoms with E-state index in [1.165, 1.54) is 0 Å². The summed E-state index contributed by atoms with van der Waals surface area (Å²) in [5.41, 5.74) is 2.81. The van der Waals surface area contributed by atoms with Crippen molar-refractivity contribution in [3.05, 3.63) is 29.8 Å². The lowest BCUT2D eigenvalue weighted by Gasteiger charge is -2.31. The molecule has 1 aromatic carbocycles. The molecular weight excluding hydrogens is 488 g/mol. The Kier molecular flexibility index (Phi) is 10.4. The molecule has 0 aliphatic rings. The predicted molar refractivity (Wildman–Crippen MR) is 136 cm³/mol. The SMILES string of the molecule is [2H]C([2H])([2H])NNC(=O)C(C)(CCCC(C)(C)CS(=O)(=O)CC(=O)OCC)c1cccc(OCC(=O)OCC)c1. The largest absolute Gasteiger partial charge is 0.482 e. The maximum Gasteiger partial charge on any atom is 0.344 e. The number of carbonyl (C=O) groups is 3. The van der Waals surface area contributed by atoms with Crippen LogP contribution in [0, 0.1) is 5.41 Å². The van der Waals surface area contributed by atoms with E-state index in [0.29, 0.717) is 24.2 Å². The zero-order chi connectivity index (χ0) is 29.9. The van der Waals surface area contributed by atoms with Gasteiger partial charge in [-0.1, -0.05) is 32.4 Å². The maximum absolute atomic E-state index is 13.3. The highest BCUT2D eigenvalue weighted by atomic mass is 32.2. The minimum absolute atomic E-state index is 0.0874. The molecule has 1 atom stereocenters. The summed E-state index contributed by atoms with van der Waals surface area (Å²) in [6.45, 7) is 5.77. The van der Waals surface area contributed by atoms with Crippen LogP contribution >= 0.6 is 0 Å². The first-order chi connectivity index (χ1) is 17.9. The number of nitrogens with one attached hydrogen (secondary N) is 2. The standard InChI is InChI=1S/C25H40N2O8S/c1-7-33-21(28)16-35-20-12-9-11-19(15-20)25(5,23(30)27-26-6)14-10-13-24(3,4)18-36(31,32)17-22(29)34-8-2/h9,11-12,15,26H,7-8,10,13-14,16-18H2,1-6H3,(H,27,30)/i6D3. The molecule has 36 heavy (non-hydrogen) atoms. The van der Waals surface area contributed by atoms with Crippen molar-refractivity contribution in [2.75, 3.05) is 38.3 Å². The molecule has 10 nitrogen and oxygen atoms in total. The number of hydrazine groups is 1. The molecule has 2 N–H and O–H groups in total. The molecule has 0 saturated carbocycles. The van der Waals surface area contributed by atoms with E-state index < -0.39 is 51.2 Å². The Balaban J connectivity index is 3.08. The first-order valence-electron chi connectivity index (χ1n) is 13.3. The van der Waals surface area contributed by atoms with Gasteiger partial charge in [-0.25, -0.2) is 18.6 Å². The summed E-state index contributed by atoms with van der Waals surface area (Å²) in [5, 5.41) is 0. The maximum atomic E-state index is 13.3. The molecular formula is C25H40N2O8S. The average molecular weight is 532 g/mol. The molecule has 0 radical (unpaired) electrons. The molecule has 1 unspecified atom stereocenters. The van der Waals surface area contributed by atoms with Crippen LogP contribution in [0.4, 0.5) is 0 Å². The van der Waals surface area contributed by atoms with Gasteiger partial charge in [-0.2, -0.15) is 0 Å². The van der Waals surface area contributed by atoms with Crippen molar-refractivity contribution in [2.24, 2.45) is 5.41 Å². The smallest absolute Gasteiger partial charge is 0.344 e. The minimum Gasteiger partial charge on any atom is -0.482 e.